The minimum atomic E-state index is -0.796. The van der Waals surface area contributed by atoms with Crippen molar-refractivity contribution in [2.45, 2.75) is 0 Å². The zero-order valence-electron chi connectivity index (χ0n) is 7.27. The van der Waals surface area contributed by atoms with Crippen LogP contribution in [0.1, 0.15) is 10.4 Å². The lowest BCUT2D eigenvalue weighted by molar-refractivity contribution is -0.383. The Balaban J connectivity index is 3.26. The Morgan fingerprint density at radius 3 is 2.67 bits per heavy atom. The molecule has 6 nitrogen and oxygen atoms in total. The number of halogens is 1. The molecule has 0 atom stereocenters. The van der Waals surface area contributed by atoms with E-state index in [-0.39, 0.29) is 16.9 Å². The molecule has 0 spiro atoms. The van der Waals surface area contributed by atoms with Crippen molar-refractivity contribution in [2.24, 2.45) is 0 Å². The van der Waals surface area contributed by atoms with Gasteiger partial charge in [0, 0.05) is 11.6 Å². The number of nitrogens with zero attached hydrogens (tertiary/aromatic N) is 1. The predicted molar refractivity (Wildman–Crippen MR) is 53.0 cm³/mol. The van der Waals surface area contributed by atoms with Crippen LogP contribution in [0.2, 0.25) is 0 Å². The van der Waals surface area contributed by atoms with Crippen molar-refractivity contribution in [3.8, 4) is 0 Å². The van der Waals surface area contributed by atoms with Gasteiger partial charge in [-0.25, -0.2) is 0 Å². The maximum absolute atomic E-state index is 10.7. The van der Waals surface area contributed by atoms with Gasteiger partial charge in [0.25, 0.3) is 10.9 Å². The first-order chi connectivity index (χ1) is 7.06. The van der Waals surface area contributed by atoms with Gasteiger partial charge in [-0.15, -0.1) is 0 Å². The van der Waals surface area contributed by atoms with Gasteiger partial charge >= 0.3 is 0 Å². The summed E-state index contributed by atoms with van der Waals surface area (Å²) in [5, 5.41) is 11.9. The predicted octanol–water partition coefficient (Wildman–Crippen LogP) is 1.54. The molecular weight excluding hydrogens is 224 g/mol. The van der Waals surface area contributed by atoms with E-state index in [4.69, 9.17) is 11.6 Å². The Kier molecular flexibility index (Phi) is 3.35. The van der Waals surface area contributed by atoms with Crippen molar-refractivity contribution in [3.63, 3.8) is 0 Å². The third-order valence-electron chi connectivity index (χ3n) is 1.64. The second-order valence-corrected chi connectivity index (χ2v) is 2.87. The van der Waals surface area contributed by atoms with Crippen LogP contribution < -0.4 is 5.32 Å². The van der Waals surface area contributed by atoms with Crippen LogP contribution in [0.3, 0.4) is 0 Å². The molecule has 0 bridgehead atoms. The number of hydrogen-bond acceptors (Lipinski definition) is 4. The molecule has 1 aromatic carbocycles. The Hall–Kier alpha value is -1.95. The van der Waals surface area contributed by atoms with Crippen molar-refractivity contribution >= 4 is 34.6 Å². The summed E-state index contributed by atoms with van der Waals surface area (Å²) in [5.74, 6) is 0. The number of anilines is 1. The minimum absolute atomic E-state index is 0.000171. The fraction of sp³-hybridized carbons (Fsp3) is 0. The molecule has 0 aliphatic carbocycles. The molecule has 0 aliphatic rings. The van der Waals surface area contributed by atoms with Gasteiger partial charge in [-0.05, 0) is 23.7 Å². The fourth-order valence-electron chi connectivity index (χ4n) is 0.990. The van der Waals surface area contributed by atoms with Crippen LogP contribution in [0.4, 0.5) is 11.4 Å². The highest BCUT2D eigenvalue weighted by atomic mass is 35.5. The van der Waals surface area contributed by atoms with Gasteiger partial charge in [0.15, 0.2) is 0 Å². The molecule has 1 rings (SSSR count). The maximum atomic E-state index is 10.7. The number of carbonyl (C=O) groups excluding carboxylic acids is 2. The lowest BCUT2D eigenvalue weighted by Gasteiger charge is -2.01. The third-order valence-corrected chi connectivity index (χ3v) is 1.85. The van der Waals surface area contributed by atoms with E-state index >= 15 is 0 Å². The third kappa shape index (κ3) is 2.50. The molecule has 0 heterocycles. The van der Waals surface area contributed by atoms with Crippen LogP contribution in [0.5, 0.6) is 0 Å². The normalized spacial score (nSPS) is 9.40. The van der Waals surface area contributed by atoms with E-state index < -0.39 is 10.2 Å². The smallest absolute Gasteiger partial charge is 0.293 e. The molecule has 1 N–H and O–H groups in total. The fourth-order valence-corrected chi connectivity index (χ4v) is 1.11. The summed E-state index contributed by atoms with van der Waals surface area (Å²) in [6.45, 7) is 0. The molecule has 78 valence electrons. The number of hydrogen-bond donors (Lipinski definition) is 1. The van der Waals surface area contributed by atoms with Crippen LogP contribution >= 0.6 is 11.6 Å². The molecule has 7 heteroatoms. The molecule has 0 fully saturated rings. The molecule has 0 aliphatic heterocycles. The van der Waals surface area contributed by atoms with E-state index in [1.165, 1.54) is 12.1 Å². The average molecular weight is 229 g/mol. The number of nitro groups is 1. The SMILES string of the molecule is O=CNc1ccc(C(=O)Cl)cc1[N+](=O)[O-]. The Morgan fingerprint density at radius 1 is 1.53 bits per heavy atom. The van der Waals surface area contributed by atoms with E-state index in [1.807, 2.05) is 0 Å². The summed E-state index contributed by atoms with van der Waals surface area (Å²) in [7, 11) is 0. The summed E-state index contributed by atoms with van der Waals surface area (Å²) in [4.78, 5) is 30.7. The summed E-state index contributed by atoms with van der Waals surface area (Å²) < 4.78 is 0. The second-order valence-electron chi connectivity index (χ2n) is 2.52. The van der Waals surface area contributed by atoms with Crippen LogP contribution in [0, 0.1) is 10.1 Å². The topological polar surface area (TPSA) is 89.3 Å². The van der Waals surface area contributed by atoms with Gasteiger partial charge in [0.05, 0.1) is 4.92 Å². The van der Waals surface area contributed by atoms with Crippen molar-refractivity contribution in [2.75, 3.05) is 5.32 Å². The van der Waals surface area contributed by atoms with Crippen LogP contribution in [0.15, 0.2) is 18.2 Å². The molecule has 1 aromatic rings. The Labute approximate surface area is 89.0 Å². The molecule has 0 aromatic heterocycles. The highest BCUT2D eigenvalue weighted by molar-refractivity contribution is 6.67. The average Bonchev–Trinajstić information content (AvgIpc) is 2.18. The first-order valence-electron chi connectivity index (χ1n) is 3.74. The van der Waals surface area contributed by atoms with Crippen molar-refractivity contribution in [1.82, 2.24) is 0 Å². The highest BCUT2D eigenvalue weighted by Gasteiger charge is 2.16. The van der Waals surface area contributed by atoms with Crippen molar-refractivity contribution < 1.29 is 14.5 Å². The van der Waals surface area contributed by atoms with E-state index in [1.54, 1.807) is 0 Å². The molecule has 1 amide bonds. The Morgan fingerprint density at radius 2 is 2.20 bits per heavy atom. The minimum Gasteiger partial charge on any atom is -0.323 e. The van der Waals surface area contributed by atoms with Crippen LogP contribution in [-0.4, -0.2) is 16.6 Å². The van der Waals surface area contributed by atoms with Crippen LogP contribution in [-0.2, 0) is 4.79 Å². The number of carbonyl (C=O) groups is 2. The molecule has 0 unspecified atom stereocenters. The van der Waals surface area contributed by atoms with E-state index in [9.17, 15) is 19.7 Å². The largest absolute Gasteiger partial charge is 0.323 e. The van der Waals surface area contributed by atoms with E-state index in [2.05, 4.69) is 5.32 Å². The van der Waals surface area contributed by atoms with Gasteiger partial charge < -0.3 is 5.32 Å². The van der Waals surface area contributed by atoms with Gasteiger partial charge in [-0.3, -0.25) is 19.7 Å². The molecule has 15 heavy (non-hydrogen) atoms. The molecule has 0 radical (unpaired) electrons. The van der Waals surface area contributed by atoms with E-state index in [0.717, 1.165) is 6.07 Å². The molecular formula is C8H5ClN2O4. The monoisotopic (exact) mass is 228 g/mol. The molecule has 0 saturated heterocycles. The number of amides is 1. The summed E-state index contributed by atoms with van der Waals surface area (Å²) >= 11 is 5.16. The zero-order valence-corrected chi connectivity index (χ0v) is 8.02. The van der Waals surface area contributed by atoms with Crippen LogP contribution in [0.25, 0.3) is 0 Å². The summed E-state index contributed by atoms with van der Waals surface area (Å²) in [6, 6.07) is 3.53. The quantitative estimate of drug-likeness (QED) is 0.366. The molecule has 0 saturated carbocycles. The maximum Gasteiger partial charge on any atom is 0.293 e. The van der Waals surface area contributed by atoms with Crippen molar-refractivity contribution in [3.05, 3.63) is 33.9 Å². The number of nitro benzene ring substituents is 1. The van der Waals surface area contributed by atoms with Gasteiger partial charge in [0.1, 0.15) is 5.69 Å². The number of nitrogens with one attached hydrogen (secondary N) is 1. The standard InChI is InChI=1S/C8H5ClN2O4/c9-8(13)5-1-2-6(10-4-12)7(3-5)11(14)15/h1-4H,(H,10,12). The van der Waals surface area contributed by atoms with Gasteiger partial charge in [0.2, 0.25) is 6.41 Å². The van der Waals surface area contributed by atoms with E-state index in [0.29, 0.717) is 6.41 Å². The number of rotatable bonds is 4. The summed E-state index contributed by atoms with van der Waals surface area (Å²) in [5.41, 5.74) is -0.370. The highest BCUT2D eigenvalue weighted by Crippen LogP contribution is 2.25. The first kappa shape index (κ1) is 11.1. The first-order valence-corrected chi connectivity index (χ1v) is 4.12. The summed E-state index contributed by atoms with van der Waals surface area (Å²) in [6.07, 6.45) is 0.310. The number of benzene rings is 1. The lowest BCUT2D eigenvalue weighted by atomic mass is 10.2. The van der Waals surface area contributed by atoms with Gasteiger partial charge in [-0.1, -0.05) is 0 Å². The second kappa shape index (κ2) is 4.52. The Bertz CT molecular complexity index is 433. The lowest BCUT2D eigenvalue weighted by Crippen LogP contribution is -2.01. The zero-order chi connectivity index (χ0) is 11.4. The van der Waals surface area contributed by atoms with Crippen molar-refractivity contribution in [1.29, 1.82) is 0 Å². The van der Waals surface area contributed by atoms with Gasteiger partial charge in [-0.2, -0.15) is 0 Å².